The summed E-state index contributed by atoms with van der Waals surface area (Å²) in [5, 5.41) is 5.30. The highest BCUT2D eigenvalue weighted by Crippen LogP contribution is 2.30. The lowest BCUT2D eigenvalue weighted by atomic mass is 10.0. The van der Waals surface area contributed by atoms with Crippen LogP contribution in [0.3, 0.4) is 0 Å². The third-order valence-electron chi connectivity index (χ3n) is 4.06. The van der Waals surface area contributed by atoms with Gasteiger partial charge < -0.3 is 10.2 Å². The number of carbonyl (C=O) groups excluding carboxylic acids is 1. The van der Waals surface area contributed by atoms with Crippen molar-refractivity contribution in [3.8, 4) is 11.1 Å². The molecule has 2 aromatic rings. The number of thiophene rings is 1. The van der Waals surface area contributed by atoms with Gasteiger partial charge in [0, 0.05) is 24.7 Å². The second-order valence-corrected chi connectivity index (χ2v) is 6.32. The molecule has 1 aromatic heterocycles. The number of amides is 1. The molecule has 1 aliphatic rings. The monoisotopic (exact) mass is 300 g/mol. The lowest BCUT2D eigenvalue weighted by molar-refractivity contribution is 0.0704. The molecule has 4 heteroatoms. The Kier molecular flexibility index (Phi) is 4.36. The Labute approximate surface area is 129 Å². The maximum Gasteiger partial charge on any atom is 0.264 e. The van der Waals surface area contributed by atoms with Gasteiger partial charge in [-0.1, -0.05) is 30.3 Å². The third-order valence-corrected chi connectivity index (χ3v) is 4.96. The van der Waals surface area contributed by atoms with Gasteiger partial charge in [-0.25, -0.2) is 0 Å². The van der Waals surface area contributed by atoms with Crippen LogP contribution >= 0.6 is 11.3 Å². The summed E-state index contributed by atoms with van der Waals surface area (Å²) in [6.45, 7) is 1.67. The van der Waals surface area contributed by atoms with Gasteiger partial charge in [-0.3, -0.25) is 4.79 Å². The molecule has 0 spiro atoms. The van der Waals surface area contributed by atoms with E-state index in [-0.39, 0.29) is 5.91 Å². The van der Waals surface area contributed by atoms with Gasteiger partial charge >= 0.3 is 0 Å². The van der Waals surface area contributed by atoms with Crippen LogP contribution < -0.4 is 5.32 Å². The highest BCUT2D eigenvalue weighted by molar-refractivity contribution is 7.12. The van der Waals surface area contributed by atoms with Crippen molar-refractivity contribution in [1.82, 2.24) is 10.2 Å². The zero-order chi connectivity index (χ0) is 14.7. The largest absolute Gasteiger partial charge is 0.336 e. The molecule has 110 valence electrons. The fourth-order valence-electron chi connectivity index (χ4n) is 2.86. The number of benzene rings is 1. The van der Waals surface area contributed by atoms with Gasteiger partial charge in [0.05, 0.1) is 4.88 Å². The SMILES string of the molecule is CNC1CCCN(C(=O)c2sccc2-c2ccccc2)C1. The van der Waals surface area contributed by atoms with Gasteiger partial charge in [0.1, 0.15) is 0 Å². The second kappa shape index (κ2) is 6.41. The Morgan fingerprint density at radius 3 is 2.86 bits per heavy atom. The Morgan fingerprint density at radius 2 is 2.10 bits per heavy atom. The van der Waals surface area contributed by atoms with Crippen molar-refractivity contribution in [3.63, 3.8) is 0 Å². The number of nitrogens with one attached hydrogen (secondary N) is 1. The number of hydrogen-bond donors (Lipinski definition) is 1. The van der Waals surface area contributed by atoms with Crippen LogP contribution in [0.5, 0.6) is 0 Å². The number of carbonyl (C=O) groups is 1. The molecule has 1 atom stereocenters. The first kappa shape index (κ1) is 14.3. The highest BCUT2D eigenvalue weighted by Gasteiger charge is 2.26. The zero-order valence-corrected chi connectivity index (χ0v) is 13.0. The van der Waals surface area contributed by atoms with E-state index in [2.05, 4.69) is 17.4 Å². The summed E-state index contributed by atoms with van der Waals surface area (Å²) in [6.07, 6.45) is 2.22. The minimum Gasteiger partial charge on any atom is -0.336 e. The maximum absolute atomic E-state index is 12.8. The summed E-state index contributed by atoms with van der Waals surface area (Å²) >= 11 is 1.54. The molecule has 0 saturated carbocycles. The van der Waals surface area contributed by atoms with E-state index >= 15 is 0 Å². The number of likely N-dealkylation sites (tertiary alicyclic amines) is 1. The van der Waals surface area contributed by atoms with E-state index in [1.807, 2.05) is 41.6 Å². The molecule has 1 amide bonds. The smallest absolute Gasteiger partial charge is 0.264 e. The number of likely N-dealkylation sites (N-methyl/N-ethyl adjacent to an activating group) is 1. The van der Waals surface area contributed by atoms with E-state index in [0.717, 1.165) is 41.9 Å². The van der Waals surface area contributed by atoms with Crippen molar-refractivity contribution in [2.75, 3.05) is 20.1 Å². The Bertz CT molecular complexity index is 608. The fraction of sp³-hybridized carbons (Fsp3) is 0.353. The van der Waals surface area contributed by atoms with E-state index in [1.165, 1.54) is 0 Å². The van der Waals surface area contributed by atoms with E-state index in [4.69, 9.17) is 0 Å². The average molecular weight is 300 g/mol. The summed E-state index contributed by atoms with van der Waals surface area (Å²) in [5.74, 6) is 0.170. The molecular formula is C17H20N2OS. The lowest BCUT2D eigenvalue weighted by Crippen LogP contribution is -2.46. The normalized spacial score (nSPS) is 18.7. The van der Waals surface area contributed by atoms with Gasteiger partial charge in [-0.05, 0) is 36.9 Å². The lowest BCUT2D eigenvalue weighted by Gasteiger charge is -2.32. The van der Waals surface area contributed by atoms with Crippen molar-refractivity contribution < 1.29 is 4.79 Å². The summed E-state index contributed by atoms with van der Waals surface area (Å²) in [6, 6.07) is 12.6. The first-order valence-corrected chi connectivity index (χ1v) is 8.27. The highest BCUT2D eigenvalue weighted by atomic mass is 32.1. The topological polar surface area (TPSA) is 32.3 Å². The molecule has 1 aliphatic heterocycles. The molecule has 1 N–H and O–H groups in total. The first-order chi connectivity index (χ1) is 10.3. The second-order valence-electron chi connectivity index (χ2n) is 5.41. The van der Waals surface area contributed by atoms with Crippen molar-refractivity contribution in [2.24, 2.45) is 0 Å². The van der Waals surface area contributed by atoms with Gasteiger partial charge in [0.2, 0.25) is 0 Å². The van der Waals surface area contributed by atoms with Crippen LogP contribution in [-0.2, 0) is 0 Å². The fourth-order valence-corrected chi connectivity index (χ4v) is 3.74. The third kappa shape index (κ3) is 3.01. The van der Waals surface area contributed by atoms with E-state index in [9.17, 15) is 4.79 Å². The number of rotatable bonds is 3. The standard InChI is InChI=1S/C17H20N2OS/c1-18-14-8-5-10-19(12-14)17(20)16-15(9-11-21-16)13-6-3-2-4-7-13/h2-4,6-7,9,11,14,18H,5,8,10,12H2,1H3. The van der Waals surface area contributed by atoms with Crippen molar-refractivity contribution >= 4 is 17.2 Å². The number of hydrogen-bond acceptors (Lipinski definition) is 3. The van der Waals surface area contributed by atoms with Crippen LogP contribution in [0.15, 0.2) is 41.8 Å². The molecule has 0 aliphatic carbocycles. The first-order valence-electron chi connectivity index (χ1n) is 7.39. The molecule has 1 aromatic carbocycles. The molecule has 2 heterocycles. The van der Waals surface area contributed by atoms with E-state index < -0.39 is 0 Å². The van der Waals surface area contributed by atoms with Crippen LogP contribution in [0.4, 0.5) is 0 Å². The van der Waals surface area contributed by atoms with Crippen molar-refractivity contribution in [1.29, 1.82) is 0 Å². The van der Waals surface area contributed by atoms with E-state index in [1.54, 1.807) is 11.3 Å². The molecule has 0 bridgehead atoms. The van der Waals surface area contributed by atoms with E-state index in [0.29, 0.717) is 6.04 Å². The molecule has 1 fully saturated rings. The van der Waals surface area contributed by atoms with Gasteiger partial charge in [0.25, 0.3) is 5.91 Å². The van der Waals surface area contributed by atoms with Gasteiger partial charge in [0.15, 0.2) is 0 Å². The molecular weight excluding hydrogens is 280 g/mol. The Morgan fingerprint density at radius 1 is 1.29 bits per heavy atom. The quantitative estimate of drug-likeness (QED) is 0.944. The predicted octanol–water partition coefficient (Wildman–Crippen LogP) is 3.24. The van der Waals surface area contributed by atoms with Crippen molar-refractivity contribution in [2.45, 2.75) is 18.9 Å². The van der Waals surface area contributed by atoms with Crippen LogP contribution in [-0.4, -0.2) is 37.0 Å². The average Bonchev–Trinajstić information content (AvgIpc) is 3.04. The summed E-state index contributed by atoms with van der Waals surface area (Å²) in [5.41, 5.74) is 2.17. The van der Waals surface area contributed by atoms with Crippen LogP contribution in [0, 0.1) is 0 Å². The summed E-state index contributed by atoms with van der Waals surface area (Å²) in [7, 11) is 1.97. The van der Waals surface area contributed by atoms with Crippen LogP contribution in [0.1, 0.15) is 22.5 Å². The minimum absolute atomic E-state index is 0.170. The molecule has 3 nitrogen and oxygen atoms in total. The van der Waals surface area contributed by atoms with Crippen LogP contribution in [0.2, 0.25) is 0 Å². The molecule has 0 radical (unpaired) electrons. The number of nitrogens with zero attached hydrogens (tertiary/aromatic N) is 1. The predicted molar refractivity (Wildman–Crippen MR) is 87.7 cm³/mol. The summed E-state index contributed by atoms with van der Waals surface area (Å²) in [4.78, 5) is 15.7. The van der Waals surface area contributed by atoms with Crippen molar-refractivity contribution in [3.05, 3.63) is 46.7 Å². The molecule has 1 unspecified atom stereocenters. The Hall–Kier alpha value is -1.65. The summed E-state index contributed by atoms with van der Waals surface area (Å²) < 4.78 is 0. The molecule has 3 rings (SSSR count). The number of piperidine rings is 1. The van der Waals surface area contributed by atoms with Gasteiger partial charge in [-0.15, -0.1) is 11.3 Å². The van der Waals surface area contributed by atoms with Crippen LogP contribution in [0.25, 0.3) is 11.1 Å². The molecule has 21 heavy (non-hydrogen) atoms. The zero-order valence-electron chi connectivity index (χ0n) is 12.2. The minimum atomic E-state index is 0.170. The Balaban J connectivity index is 1.84. The molecule has 1 saturated heterocycles. The van der Waals surface area contributed by atoms with Gasteiger partial charge in [-0.2, -0.15) is 0 Å². The maximum atomic E-state index is 12.8.